The Morgan fingerprint density at radius 2 is 2.00 bits per heavy atom. The molecule has 3 heteroatoms. The van der Waals surface area contributed by atoms with Gasteiger partial charge in [0.05, 0.1) is 5.92 Å². The number of carbonyl (C=O) groups excluding carboxylic acids is 1. The molecule has 0 aromatic heterocycles. The third-order valence-corrected chi connectivity index (χ3v) is 4.25. The Bertz CT molecular complexity index is 431. The highest BCUT2D eigenvalue weighted by Crippen LogP contribution is 2.41. The number of amides is 1. The highest BCUT2D eigenvalue weighted by atomic mass is 16.2. The fourth-order valence-electron chi connectivity index (χ4n) is 3.03. The topological polar surface area (TPSA) is 55.1 Å². The maximum absolute atomic E-state index is 12.1. The molecule has 3 N–H and O–H groups in total. The first-order valence-electron chi connectivity index (χ1n) is 6.86. The van der Waals surface area contributed by atoms with Gasteiger partial charge in [0.25, 0.3) is 0 Å². The van der Waals surface area contributed by atoms with Crippen LogP contribution in [0, 0.1) is 5.92 Å². The van der Waals surface area contributed by atoms with E-state index in [2.05, 4.69) is 29.6 Å². The summed E-state index contributed by atoms with van der Waals surface area (Å²) in [6, 6.07) is 10.8. The molecule has 4 atom stereocenters. The van der Waals surface area contributed by atoms with Gasteiger partial charge in [0, 0.05) is 18.0 Å². The number of nitrogens with two attached hydrogens (primary N) is 1. The molecule has 2 fully saturated rings. The van der Waals surface area contributed by atoms with Gasteiger partial charge in [-0.05, 0) is 24.8 Å². The van der Waals surface area contributed by atoms with E-state index in [0.29, 0.717) is 12.0 Å². The summed E-state index contributed by atoms with van der Waals surface area (Å²) in [6.45, 7) is 0. The lowest BCUT2D eigenvalue weighted by Gasteiger charge is -2.15. The first-order valence-corrected chi connectivity index (χ1v) is 6.86. The summed E-state index contributed by atoms with van der Waals surface area (Å²) in [6.07, 6.45) is 4.10. The van der Waals surface area contributed by atoms with Crippen molar-refractivity contribution in [2.24, 2.45) is 11.7 Å². The fraction of sp³-hybridized carbons (Fsp3) is 0.533. The van der Waals surface area contributed by atoms with Crippen LogP contribution in [0.4, 0.5) is 0 Å². The lowest BCUT2D eigenvalue weighted by Crippen LogP contribution is -2.39. The summed E-state index contributed by atoms with van der Waals surface area (Å²) in [7, 11) is 0. The van der Waals surface area contributed by atoms with Crippen molar-refractivity contribution >= 4 is 5.91 Å². The van der Waals surface area contributed by atoms with E-state index < -0.39 is 0 Å². The van der Waals surface area contributed by atoms with E-state index in [1.165, 1.54) is 5.56 Å². The molecule has 4 unspecified atom stereocenters. The predicted molar refractivity (Wildman–Crippen MR) is 71.0 cm³/mol. The third-order valence-electron chi connectivity index (χ3n) is 4.25. The number of nitrogens with one attached hydrogen (secondary N) is 1. The Morgan fingerprint density at radius 1 is 1.22 bits per heavy atom. The van der Waals surface area contributed by atoms with Crippen molar-refractivity contribution in [2.75, 3.05) is 0 Å². The highest BCUT2D eigenvalue weighted by molar-refractivity contribution is 5.80. The van der Waals surface area contributed by atoms with Gasteiger partial charge in [-0.3, -0.25) is 4.79 Å². The van der Waals surface area contributed by atoms with E-state index in [4.69, 9.17) is 5.73 Å². The van der Waals surface area contributed by atoms with E-state index in [1.54, 1.807) is 0 Å². The zero-order valence-electron chi connectivity index (χ0n) is 10.5. The van der Waals surface area contributed by atoms with Crippen molar-refractivity contribution in [1.29, 1.82) is 0 Å². The standard InChI is InChI=1S/C15H20N2O/c16-13-8-4-7-11(13)15(18)17-14-9-12(14)10-5-2-1-3-6-10/h1-3,5-6,11-14H,4,7-9,16H2,(H,17,18). The van der Waals surface area contributed by atoms with E-state index in [0.717, 1.165) is 25.7 Å². The van der Waals surface area contributed by atoms with Gasteiger partial charge in [0.2, 0.25) is 5.91 Å². The van der Waals surface area contributed by atoms with Crippen molar-refractivity contribution in [3.8, 4) is 0 Å². The molecular formula is C15H20N2O. The Balaban J connectivity index is 1.55. The second kappa shape index (κ2) is 4.73. The van der Waals surface area contributed by atoms with Crippen LogP contribution in [0.25, 0.3) is 0 Å². The van der Waals surface area contributed by atoms with Gasteiger partial charge < -0.3 is 11.1 Å². The minimum Gasteiger partial charge on any atom is -0.352 e. The van der Waals surface area contributed by atoms with Crippen LogP contribution in [0.5, 0.6) is 0 Å². The second-order valence-electron chi connectivity index (χ2n) is 5.57. The first kappa shape index (κ1) is 11.7. The Labute approximate surface area is 108 Å². The molecule has 0 bridgehead atoms. The molecule has 3 rings (SSSR count). The quantitative estimate of drug-likeness (QED) is 0.851. The van der Waals surface area contributed by atoms with Gasteiger partial charge >= 0.3 is 0 Å². The molecule has 2 aliphatic rings. The van der Waals surface area contributed by atoms with Crippen LogP contribution < -0.4 is 11.1 Å². The SMILES string of the molecule is NC1CCCC1C(=O)NC1CC1c1ccccc1. The molecule has 1 aromatic carbocycles. The normalized spacial score (nSPS) is 34.3. The molecular weight excluding hydrogens is 224 g/mol. The van der Waals surface area contributed by atoms with Crippen molar-refractivity contribution in [2.45, 2.75) is 43.7 Å². The molecule has 0 aliphatic heterocycles. The van der Waals surface area contributed by atoms with Gasteiger partial charge in [-0.25, -0.2) is 0 Å². The molecule has 3 nitrogen and oxygen atoms in total. The van der Waals surface area contributed by atoms with Crippen LogP contribution in [-0.2, 0) is 4.79 Å². The van der Waals surface area contributed by atoms with Crippen LogP contribution in [-0.4, -0.2) is 18.0 Å². The van der Waals surface area contributed by atoms with Crippen LogP contribution >= 0.6 is 0 Å². The summed E-state index contributed by atoms with van der Waals surface area (Å²) < 4.78 is 0. The fourth-order valence-corrected chi connectivity index (χ4v) is 3.03. The second-order valence-corrected chi connectivity index (χ2v) is 5.57. The number of hydrogen-bond donors (Lipinski definition) is 2. The average molecular weight is 244 g/mol. The minimum atomic E-state index is 0.0435. The molecule has 0 spiro atoms. The van der Waals surface area contributed by atoms with E-state index >= 15 is 0 Å². The van der Waals surface area contributed by atoms with E-state index in [-0.39, 0.29) is 17.9 Å². The van der Waals surface area contributed by atoms with Crippen molar-refractivity contribution in [3.05, 3.63) is 35.9 Å². The zero-order valence-corrected chi connectivity index (χ0v) is 10.5. The van der Waals surface area contributed by atoms with Gasteiger partial charge in [-0.2, -0.15) is 0 Å². The lowest BCUT2D eigenvalue weighted by atomic mass is 10.0. The number of benzene rings is 1. The lowest BCUT2D eigenvalue weighted by molar-refractivity contribution is -0.125. The Hall–Kier alpha value is -1.35. The monoisotopic (exact) mass is 244 g/mol. The molecule has 18 heavy (non-hydrogen) atoms. The average Bonchev–Trinajstić information content (AvgIpc) is 3.01. The molecule has 2 aliphatic carbocycles. The van der Waals surface area contributed by atoms with Gasteiger partial charge in [0.1, 0.15) is 0 Å². The van der Waals surface area contributed by atoms with E-state index in [9.17, 15) is 4.79 Å². The zero-order chi connectivity index (χ0) is 12.5. The highest BCUT2D eigenvalue weighted by Gasteiger charge is 2.41. The predicted octanol–water partition coefficient (Wildman–Crippen LogP) is 1.79. The molecule has 96 valence electrons. The summed E-state index contributed by atoms with van der Waals surface area (Å²) in [5, 5.41) is 3.16. The van der Waals surface area contributed by atoms with Crippen LogP contribution in [0.2, 0.25) is 0 Å². The van der Waals surface area contributed by atoms with Crippen LogP contribution in [0.1, 0.15) is 37.2 Å². The molecule has 2 saturated carbocycles. The van der Waals surface area contributed by atoms with Crippen molar-refractivity contribution in [1.82, 2.24) is 5.32 Å². The summed E-state index contributed by atoms with van der Waals surface area (Å²) in [5.41, 5.74) is 7.29. The van der Waals surface area contributed by atoms with Crippen LogP contribution in [0.3, 0.4) is 0 Å². The maximum Gasteiger partial charge on any atom is 0.224 e. The van der Waals surface area contributed by atoms with Crippen LogP contribution in [0.15, 0.2) is 30.3 Å². The van der Waals surface area contributed by atoms with Crippen molar-refractivity contribution < 1.29 is 4.79 Å². The molecule has 0 radical (unpaired) electrons. The largest absolute Gasteiger partial charge is 0.352 e. The number of rotatable bonds is 3. The number of hydrogen-bond acceptors (Lipinski definition) is 2. The van der Waals surface area contributed by atoms with Crippen molar-refractivity contribution in [3.63, 3.8) is 0 Å². The molecule has 1 amide bonds. The first-order chi connectivity index (χ1) is 8.75. The van der Waals surface area contributed by atoms with Gasteiger partial charge in [-0.15, -0.1) is 0 Å². The molecule has 1 aromatic rings. The summed E-state index contributed by atoms with van der Waals surface area (Å²) >= 11 is 0. The molecule has 0 heterocycles. The van der Waals surface area contributed by atoms with Gasteiger partial charge in [0.15, 0.2) is 0 Å². The molecule has 0 saturated heterocycles. The minimum absolute atomic E-state index is 0.0435. The summed E-state index contributed by atoms with van der Waals surface area (Å²) in [4.78, 5) is 12.1. The maximum atomic E-state index is 12.1. The summed E-state index contributed by atoms with van der Waals surface area (Å²) in [5.74, 6) is 0.721. The van der Waals surface area contributed by atoms with Gasteiger partial charge in [-0.1, -0.05) is 36.8 Å². The number of carbonyl (C=O) groups is 1. The smallest absolute Gasteiger partial charge is 0.224 e. The van der Waals surface area contributed by atoms with E-state index in [1.807, 2.05) is 6.07 Å². The third kappa shape index (κ3) is 2.27. The Kier molecular flexibility index (Phi) is 3.08. The Morgan fingerprint density at radius 3 is 2.67 bits per heavy atom.